The van der Waals surface area contributed by atoms with Crippen molar-refractivity contribution in [1.82, 2.24) is 5.32 Å². The second-order valence-corrected chi connectivity index (χ2v) is 10.9. The van der Waals surface area contributed by atoms with E-state index in [-0.39, 0.29) is 16.2 Å². The van der Waals surface area contributed by atoms with Crippen LogP contribution in [0, 0.1) is 12.7 Å². The van der Waals surface area contributed by atoms with Gasteiger partial charge in [-0.15, -0.1) is 0 Å². The van der Waals surface area contributed by atoms with Crippen LogP contribution < -0.4 is 5.32 Å². The van der Waals surface area contributed by atoms with Crippen LogP contribution in [0.3, 0.4) is 0 Å². The molecule has 5 nitrogen and oxygen atoms in total. The molecule has 0 radical (unpaired) electrons. The van der Waals surface area contributed by atoms with E-state index in [9.17, 15) is 21.2 Å². The number of halogens is 1. The molecule has 0 aromatic heterocycles. The van der Waals surface area contributed by atoms with Crippen LogP contribution in [-0.4, -0.2) is 39.6 Å². The van der Waals surface area contributed by atoms with Crippen molar-refractivity contribution in [2.24, 2.45) is 0 Å². The lowest BCUT2D eigenvalue weighted by Crippen LogP contribution is -2.43. The van der Waals surface area contributed by atoms with E-state index >= 15 is 0 Å². The Kier molecular flexibility index (Phi) is 5.18. The van der Waals surface area contributed by atoms with Crippen molar-refractivity contribution < 1.29 is 21.2 Å². The summed E-state index contributed by atoms with van der Waals surface area (Å²) in [5.41, 5.74) is 1.14. The van der Waals surface area contributed by atoms with Crippen molar-refractivity contribution in [1.29, 1.82) is 0 Å². The van der Waals surface area contributed by atoms with Crippen LogP contribution in [0.2, 0.25) is 0 Å². The highest BCUT2D eigenvalue weighted by Crippen LogP contribution is 2.27. The Labute approximate surface area is 153 Å². The third kappa shape index (κ3) is 3.97. The number of hydrogen-bond acceptors (Lipinski definition) is 5. The highest BCUT2D eigenvalue weighted by atomic mass is 32.2. The van der Waals surface area contributed by atoms with Crippen molar-refractivity contribution >= 4 is 19.7 Å². The van der Waals surface area contributed by atoms with E-state index in [1.807, 2.05) is 30.3 Å². The van der Waals surface area contributed by atoms with Crippen LogP contribution in [0.15, 0.2) is 53.4 Å². The summed E-state index contributed by atoms with van der Waals surface area (Å²) in [5, 5.41) is 1.98. The van der Waals surface area contributed by atoms with Gasteiger partial charge in [-0.05, 0) is 36.2 Å². The predicted octanol–water partition coefficient (Wildman–Crippen LogP) is 1.86. The predicted molar refractivity (Wildman–Crippen MR) is 97.8 cm³/mol. The first-order valence-electron chi connectivity index (χ1n) is 8.17. The van der Waals surface area contributed by atoms with Gasteiger partial charge in [-0.1, -0.05) is 30.3 Å². The van der Waals surface area contributed by atoms with Crippen LogP contribution in [0.25, 0.3) is 0 Å². The maximum atomic E-state index is 13.5. The molecular formula is C18H20FNO4S2. The molecule has 1 aliphatic rings. The lowest BCUT2D eigenvalue weighted by atomic mass is 10.2. The third-order valence-electron chi connectivity index (χ3n) is 4.57. The molecule has 3 rings (SSSR count). The number of nitrogens with one attached hydrogen (secondary N) is 1. The first kappa shape index (κ1) is 19.0. The number of benzene rings is 2. The van der Waals surface area contributed by atoms with Gasteiger partial charge in [-0.25, -0.2) is 21.2 Å². The molecule has 2 aromatic rings. The number of rotatable bonds is 5. The largest absolute Gasteiger partial charge is 0.308 e. The Balaban J connectivity index is 1.88. The molecule has 26 heavy (non-hydrogen) atoms. The Morgan fingerprint density at radius 3 is 2.46 bits per heavy atom. The second kappa shape index (κ2) is 7.09. The minimum Gasteiger partial charge on any atom is -0.308 e. The van der Waals surface area contributed by atoms with Gasteiger partial charge in [-0.3, -0.25) is 0 Å². The van der Waals surface area contributed by atoms with E-state index in [2.05, 4.69) is 5.32 Å². The van der Waals surface area contributed by atoms with E-state index in [0.29, 0.717) is 6.54 Å². The quantitative estimate of drug-likeness (QED) is 0.779. The van der Waals surface area contributed by atoms with E-state index in [4.69, 9.17) is 0 Å². The zero-order chi connectivity index (χ0) is 18.9. The Bertz CT molecular complexity index is 1000. The minimum atomic E-state index is -3.91. The summed E-state index contributed by atoms with van der Waals surface area (Å²) in [6, 6.07) is 12.2. The van der Waals surface area contributed by atoms with Crippen LogP contribution in [-0.2, 0) is 26.2 Å². The summed E-state index contributed by atoms with van der Waals surface area (Å²) in [4.78, 5) is -0.0509. The zero-order valence-electron chi connectivity index (χ0n) is 14.2. The lowest BCUT2D eigenvalue weighted by molar-refractivity contribution is 0.525. The molecule has 1 aliphatic heterocycles. The maximum Gasteiger partial charge on any atom is 0.183 e. The van der Waals surface area contributed by atoms with Crippen molar-refractivity contribution in [2.75, 3.05) is 11.5 Å². The van der Waals surface area contributed by atoms with Gasteiger partial charge in [0, 0.05) is 12.6 Å². The van der Waals surface area contributed by atoms with E-state index in [0.717, 1.165) is 11.6 Å². The fourth-order valence-electron chi connectivity index (χ4n) is 3.13. The molecule has 0 bridgehead atoms. The Morgan fingerprint density at radius 1 is 1.12 bits per heavy atom. The first-order valence-corrected chi connectivity index (χ1v) is 11.5. The molecule has 0 amide bonds. The Hall–Kier alpha value is -1.77. The third-order valence-corrected chi connectivity index (χ3v) is 8.72. The average Bonchev–Trinajstić information content (AvgIpc) is 2.92. The van der Waals surface area contributed by atoms with Gasteiger partial charge >= 0.3 is 0 Å². The van der Waals surface area contributed by atoms with Gasteiger partial charge in [0.1, 0.15) is 5.82 Å². The molecule has 2 aromatic carbocycles. The highest BCUT2D eigenvalue weighted by Gasteiger charge is 2.45. The molecule has 1 fully saturated rings. The lowest BCUT2D eigenvalue weighted by Gasteiger charge is -2.20. The van der Waals surface area contributed by atoms with Crippen molar-refractivity contribution in [3.8, 4) is 0 Å². The summed E-state index contributed by atoms with van der Waals surface area (Å²) in [7, 11) is -7.39. The molecule has 0 saturated carbocycles. The standard InChI is InChI=1S/C18H20FNO4S2/c1-13-9-15(7-8-16(13)19)26(23,24)18-12-25(21,22)11-17(18)20-10-14-5-3-2-4-6-14/h2-9,17-18,20H,10-12H2,1H3. The summed E-state index contributed by atoms with van der Waals surface area (Å²) in [5.74, 6) is -1.16. The van der Waals surface area contributed by atoms with Gasteiger partial charge in [0.05, 0.1) is 21.7 Å². The average molecular weight is 397 g/mol. The molecule has 0 spiro atoms. The minimum absolute atomic E-state index is 0.0509. The van der Waals surface area contributed by atoms with Gasteiger partial charge in [0.25, 0.3) is 0 Å². The van der Waals surface area contributed by atoms with Crippen molar-refractivity contribution in [3.63, 3.8) is 0 Å². The smallest absolute Gasteiger partial charge is 0.183 e. The molecule has 1 heterocycles. The van der Waals surface area contributed by atoms with Crippen LogP contribution >= 0.6 is 0 Å². The van der Waals surface area contributed by atoms with Gasteiger partial charge < -0.3 is 5.32 Å². The highest BCUT2D eigenvalue weighted by molar-refractivity contribution is 7.96. The topological polar surface area (TPSA) is 80.3 Å². The van der Waals surface area contributed by atoms with Crippen molar-refractivity contribution in [3.05, 3.63) is 65.5 Å². The van der Waals surface area contributed by atoms with Crippen LogP contribution in [0.4, 0.5) is 4.39 Å². The molecule has 1 saturated heterocycles. The molecular weight excluding hydrogens is 377 g/mol. The zero-order valence-corrected chi connectivity index (χ0v) is 15.9. The number of hydrogen-bond donors (Lipinski definition) is 1. The van der Waals surface area contributed by atoms with E-state index < -0.39 is 42.5 Å². The molecule has 2 unspecified atom stereocenters. The maximum absolute atomic E-state index is 13.5. The number of aryl methyl sites for hydroxylation is 1. The van der Waals surface area contributed by atoms with Crippen LogP contribution in [0.5, 0.6) is 0 Å². The van der Waals surface area contributed by atoms with Gasteiger partial charge in [0.2, 0.25) is 0 Å². The summed E-state index contributed by atoms with van der Waals surface area (Å²) >= 11 is 0. The molecule has 1 N–H and O–H groups in total. The summed E-state index contributed by atoms with van der Waals surface area (Å²) in [6.45, 7) is 1.85. The normalized spacial score (nSPS) is 22.4. The first-order chi connectivity index (χ1) is 12.2. The van der Waals surface area contributed by atoms with E-state index in [1.165, 1.54) is 19.1 Å². The Morgan fingerprint density at radius 2 is 1.81 bits per heavy atom. The van der Waals surface area contributed by atoms with Crippen LogP contribution in [0.1, 0.15) is 11.1 Å². The van der Waals surface area contributed by atoms with Gasteiger partial charge in [-0.2, -0.15) is 0 Å². The summed E-state index contributed by atoms with van der Waals surface area (Å²) < 4.78 is 63.6. The fourth-order valence-corrected chi connectivity index (χ4v) is 7.93. The van der Waals surface area contributed by atoms with Gasteiger partial charge in [0.15, 0.2) is 19.7 Å². The molecule has 2 atom stereocenters. The molecule has 8 heteroatoms. The van der Waals surface area contributed by atoms with Crippen molar-refractivity contribution in [2.45, 2.75) is 29.7 Å². The summed E-state index contributed by atoms with van der Waals surface area (Å²) in [6.07, 6.45) is 0. The molecule has 140 valence electrons. The second-order valence-electron chi connectivity index (χ2n) is 6.54. The number of sulfone groups is 2. The molecule has 0 aliphatic carbocycles. The van der Waals surface area contributed by atoms with E-state index in [1.54, 1.807) is 0 Å². The fraction of sp³-hybridized carbons (Fsp3) is 0.333. The monoisotopic (exact) mass is 397 g/mol. The SMILES string of the molecule is Cc1cc(S(=O)(=O)C2CS(=O)(=O)CC2NCc2ccccc2)ccc1F.